The average molecular weight is 355 g/mol. The number of benzene rings is 1. The molecule has 6 heteroatoms. The maximum Gasteiger partial charge on any atom is 0.314 e. The van der Waals surface area contributed by atoms with Gasteiger partial charge in [0.15, 0.2) is 0 Å². The molecule has 1 N–H and O–H groups in total. The molecule has 5 nitrogen and oxygen atoms in total. The summed E-state index contributed by atoms with van der Waals surface area (Å²) in [5.41, 5.74) is 1.25. The highest BCUT2D eigenvalue weighted by Gasteiger charge is 2.22. The second-order valence-corrected chi connectivity index (χ2v) is 6.16. The van der Waals surface area contributed by atoms with Gasteiger partial charge in [-0.05, 0) is 31.4 Å². The smallest absolute Gasteiger partial charge is 0.314 e. The van der Waals surface area contributed by atoms with Crippen molar-refractivity contribution in [2.75, 3.05) is 25.5 Å². The molecule has 0 saturated heterocycles. The van der Waals surface area contributed by atoms with Crippen LogP contribution in [0.5, 0.6) is 5.75 Å². The fraction of sp³-hybridized carbons (Fsp3) is 0.556. The lowest BCUT2D eigenvalue weighted by Gasteiger charge is -2.22. The Morgan fingerprint density at radius 3 is 2.25 bits per heavy atom. The molecule has 0 radical (unpaired) electrons. The van der Waals surface area contributed by atoms with E-state index in [1.807, 2.05) is 6.92 Å². The zero-order valence-corrected chi connectivity index (χ0v) is 15.7. The Morgan fingerprint density at radius 1 is 1.17 bits per heavy atom. The van der Waals surface area contributed by atoms with E-state index in [1.165, 1.54) is 7.11 Å². The molecule has 24 heavy (non-hydrogen) atoms. The molecular weight excluding hydrogens is 328 g/mol. The first-order chi connectivity index (χ1) is 11.4. The van der Waals surface area contributed by atoms with Crippen molar-refractivity contribution < 1.29 is 14.3 Å². The highest BCUT2D eigenvalue weighted by atomic mass is 35.5. The number of carbonyl (C=O) groups excluding carboxylic acids is 2. The maximum absolute atomic E-state index is 12.5. The van der Waals surface area contributed by atoms with E-state index in [2.05, 4.69) is 19.2 Å². The van der Waals surface area contributed by atoms with Crippen LogP contribution in [0.15, 0.2) is 12.1 Å². The maximum atomic E-state index is 12.5. The van der Waals surface area contributed by atoms with Gasteiger partial charge in [0, 0.05) is 24.2 Å². The fourth-order valence-electron chi connectivity index (χ4n) is 2.26. The summed E-state index contributed by atoms with van der Waals surface area (Å²) in [4.78, 5) is 26.4. The van der Waals surface area contributed by atoms with Gasteiger partial charge in [0.05, 0.1) is 12.8 Å². The van der Waals surface area contributed by atoms with E-state index < -0.39 is 11.8 Å². The Morgan fingerprint density at radius 2 is 1.75 bits per heavy atom. The van der Waals surface area contributed by atoms with Gasteiger partial charge in [-0.25, -0.2) is 0 Å². The van der Waals surface area contributed by atoms with E-state index in [1.54, 1.807) is 17.0 Å². The normalized spacial score (nSPS) is 10.4. The number of carbonyl (C=O) groups is 2. The lowest BCUT2D eigenvalue weighted by Crippen LogP contribution is -2.40. The first kappa shape index (κ1) is 20.3. The Kier molecular flexibility index (Phi) is 8.61. The Labute approximate surface area is 149 Å². The van der Waals surface area contributed by atoms with Crippen molar-refractivity contribution in [2.24, 2.45) is 0 Å². The summed E-state index contributed by atoms with van der Waals surface area (Å²) in [6, 6.07) is 3.33. The van der Waals surface area contributed by atoms with Crippen LogP contribution in [0.2, 0.25) is 5.02 Å². The largest absolute Gasteiger partial charge is 0.495 e. The van der Waals surface area contributed by atoms with Crippen LogP contribution >= 0.6 is 11.6 Å². The highest BCUT2D eigenvalue weighted by Crippen LogP contribution is 2.30. The first-order valence-corrected chi connectivity index (χ1v) is 8.76. The van der Waals surface area contributed by atoms with E-state index in [4.69, 9.17) is 16.3 Å². The third kappa shape index (κ3) is 5.71. The van der Waals surface area contributed by atoms with E-state index in [0.717, 1.165) is 31.2 Å². The number of ether oxygens (including phenoxy) is 1. The number of nitrogens with zero attached hydrogens (tertiary/aromatic N) is 1. The van der Waals surface area contributed by atoms with Crippen molar-refractivity contribution in [3.8, 4) is 5.75 Å². The van der Waals surface area contributed by atoms with Crippen molar-refractivity contribution in [1.29, 1.82) is 0 Å². The monoisotopic (exact) mass is 354 g/mol. The SMILES string of the molecule is CCCCN(CCCC)C(=O)C(=O)Nc1cc(C)c(Cl)cc1OC. The van der Waals surface area contributed by atoms with Crippen LogP contribution in [0.25, 0.3) is 0 Å². The molecule has 0 unspecified atom stereocenters. The second-order valence-electron chi connectivity index (χ2n) is 5.76. The predicted molar refractivity (Wildman–Crippen MR) is 97.8 cm³/mol. The zero-order valence-electron chi connectivity index (χ0n) is 14.9. The summed E-state index contributed by atoms with van der Waals surface area (Å²) in [6.45, 7) is 7.14. The Balaban J connectivity index is 2.87. The van der Waals surface area contributed by atoms with Gasteiger partial charge < -0.3 is 15.0 Å². The average Bonchev–Trinajstić information content (AvgIpc) is 2.57. The number of aryl methyl sites for hydroxylation is 1. The van der Waals surface area contributed by atoms with Crippen LogP contribution in [0.4, 0.5) is 5.69 Å². The van der Waals surface area contributed by atoms with Crippen molar-refractivity contribution in [2.45, 2.75) is 46.5 Å². The molecule has 0 fully saturated rings. The van der Waals surface area contributed by atoms with Crippen LogP contribution in [-0.4, -0.2) is 36.9 Å². The first-order valence-electron chi connectivity index (χ1n) is 8.38. The third-order valence-electron chi connectivity index (χ3n) is 3.77. The summed E-state index contributed by atoms with van der Waals surface area (Å²) in [5.74, 6) is -0.728. The molecule has 0 spiro atoms. The number of nitrogens with one attached hydrogen (secondary N) is 1. The van der Waals surface area contributed by atoms with Crippen molar-refractivity contribution >= 4 is 29.1 Å². The third-order valence-corrected chi connectivity index (χ3v) is 4.18. The number of halogens is 1. The van der Waals surface area contributed by atoms with Crippen LogP contribution in [0.1, 0.15) is 45.1 Å². The van der Waals surface area contributed by atoms with Gasteiger partial charge in [-0.15, -0.1) is 0 Å². The molecule has 0 aliphatic carbocycles. The molecule has 0 aromatic heterocycles. The number of rotatable bonds is 8. The van der Waals surface area contributed by atoms with Crippen LogP contribution < -0.4 is 10.1 Å². The zero-order chi connectivity index (χ0) is 18.1. The van der Waals surface area contributed by atoms with E-state index in [-0.39, 0.29) is 0 Å². The van der Waals surface area contributed by atoms with Crippen LogP contribution in [0.3, 0.4) is 0 Å². The second kappa shape index (κ2) is 10.2. The molecule has 1 rings (SSSR count). The summed E-state index contributed by atoms with van der Waals surface area (Å²) < 4.78 is 5.23. The Hall–Kier alpha value is -1.75. The van der Waals surface area contributed by atoms with Crippen molar-refractivity contribution in [3.05, 3.63) is 22.7 Å². The van der Waals surface area contributed by atoms with Gasteiger partial charge in [-0.2, -0.15) is 0 Å². The lowest BCUT2D eigenvalue weighted by molar-refractivity contribution is -0.143. The number of hydrogen-bond donors (Lipinski definition) is 1. The standard InChI is InChI=1S/C18H27ClN2O3/c1-5-7-9-21(10-8-6-2)18(23)17(22)20-15-11-13(3)14(19)12-16(15)24-4/h11-12H,5-10H2,1-4H3,(H,20,22). The number of methoxy groups -OCH3 is 1. The molecule has 0 bridgehead atoms. The van der Waals surface area contributed by atoms with Gasteiger partial charge in [0.2, 0.25) is 0 Å². The molecule has 0 atom stereocenters. The van der Waals surface area contributed by atoms with E-state index in [9.17, 15) is 9.59 Å². The van der Waals surface area contributed by atoms with Crippen molar-refractivity contribution in [1.82, 2.24) is 4.90 Å². The predicted octanol–water partition coefficient (Wildman–Crippen LogP) is 4.02. The minimum absolute atomic E-state index is 0.431. The number of amides is 2. The summed E-state index contributed by atoms with van der Waals surface area (Å²) in [7, 11) is 1.49. The van der Waals surface area contributed by atoms with Crippen LogP contribution in [0, 0.1) is 6.92 Å². The lowest BCUT2D eigenvalue weighted by atomic mass is 10.2. The quantitative estimate of drug-likeness (QED) is 0.717. The molecule has 0 saturated carbocycles. The highest BCUT2D eigenvalue weighted by molar-refractivity contribution is 6.39. The van der Waals surface area contributed by atoms with Gasteiger partial charge in [0.25, 0.3) is 0 Å². The molecule has 1 aromatic carbocycles. The summed E-state index contributed by atoms with van der Waals surface area (Å²) in [6.07, 6.45) is 3.71. The van der Waals surface area contributed by atoms with Gasteiger partial charge in [-0.3, -0.25) is 9.59 Å². The number of hydrogen-bond acceptors (Lipinski definition) is 3. The molecule has 1 aromatic rings. The van der Waals surface area contributed by atoms with Gasteiger partial charge in [-0.1, -0.05) is 38.3 Å². The summed E-state index contributed by atoms with van der Waals surface area (Å²) >= 11 is 6.06. The minimum Gasteiger partial charge on any atom is -0.495 e. The Bertz CT molecular complexity index is 568. The van der Waals surface area contributed by atoms with Gasteiger partial charge >= 0.3 is 11.8 Å². The molecule has 134 valence electrons. The topological polar surface area (TPSA) is 58.6 Å². The molecule has 0 aliphatic heterocycles. The molecule has 0 heterocycles. The summed E-state index contributed by atoms with van der Waals surface area (Å²) in [5, 5.41) is 3.19. The van der Waals surface area contributed by atoms with E-state index in [0.29, 0.717) is 29.5 Å². The van der Waals surface area contributed by atoms with Gasteiger partial charge in [0.1, 0.15) is 5.75 Å². The number of anilines is 1. The fourth-order valence-corrected chi connectivity index (χ4v) is 2.42. The molecular formula is C18H27ClN2O3. The number of unbranched alkanes of at least 4 members (excludes halogenated alkanes) is 2. The van der Waals surface area contributed by atoms with Crippen LogP contribution in [-0.2, 0) is 9.59 Å². The van der Waals surface area contributed by atoms with Crippen molar-refractivity contribution in [3.63, 3.8) is 0 Å². The minimum atomic E-state index is -0.651. The molecule has 0 aliphatic rings. The van der Waals surface area contributed by atoms with E-state index >= 15 is 0 Å². The molecule has 2 amide bonds.